The van der Waals surface area contributed by atoms with Gasteiger partial charge in [0.15, 0.2) is 0 Å². The lowest BCUT2D eigenvalue weighted by Crippen LogP contribution is -2.20. The number of carbonyl (C=O) groups excluding carboxylic acids is 1. The van der Waals surface area contributed by atoms with Crippen LogP contribution in [0.15, 0.2) is 18.3 Å². The first-order valence-electron chi connectivity index (χ1n) is 10.4. The second-order valence-corrected chi connectivity index (χ2v) is 7.75. The van der Waals surface area contributed by atoms with Crippen molar-refractivity contribution >= 4 is 5.78 Å². The van der Waals surface area contributed by atoms with Gasteiger partial charge in [0.2, 0.25) is 0 Å². The Bertz CT molecular complexity index is 543. The van der Waals surface area contributed by atoms with Crippen molar-refractivity contribution in [3.05, 3.63) is 29.6 Å². The van der Waals surface area contributed by atoms with Crippen LogP contribution in [0.5, 0.6) is 0 Å². The van der Waals surface area contributed by atoms with Crippen LogP contribution in [0.1, 0.15) is 101 Å². The maximum atomic E-state index is 12.3. The van der Waals surface area contributed by atoms with Crippen molar-refractivity contribution in [1.82, 2.24) is 4.98 Å². The van der Waals surface area contributed by atoms with Gasteiger partial charge < -0.3 is 10.2 Å². The monoisotopic (exact) mass is 361 g/mol. The highest BCUT2D eigenvalue weighted by molar-refractivity contribution is 5.85. The zero-order chi connectivity index (χ0) is 18.9. The maximum absolute atomic E-state index is 12.3. The Morgan fingerprint density at radius 2 is 1.85 bits per heavy atom. The SMILES string of the molecule is CCCCCCC1C(=O)C[C@@H](O)C1c1ccc(C(O)CCCCC)cn1. The summed E-state index contributed by atoms with van der Waals surface area (Å²) < 4.78 is 0. The first-order valence-corrected chi connectivity index (χ1v) is 10.4. The second kappa shape index (κ2) is 10.8. The number of aliphatic hydroxyl groups excluding tert-OH is 2. The number of nitrogens with zero attached hydrogens (tertiary/aromatic N) is 1. The summed E-state index contributed by atoms with van der Waals surface area (Å²) in [5, 5.41) is 20.7. The molecule has 1 aliphatic rings. The van der Waals surface area contributed by atoms with Crippen LogP contribution in [0.4, 0.5) is 0 Å². The van der Waals surface area contributed by atoms with Gasteiger partial charge in [-0.1, -0.05) is 64.9 Å². The minimum absolute atomic E-state index is 0.116. The molecule has 1 aliphatic carbocycles. The lowest BCUT2D eigenvalue weighted by molar-refractivity contribution is -0.121. The zero-order valence-electron chi connectivity index (χ0n) is 16.4. The van der Waals surface area contributed by atoms with Crippen LogP contribution in [0.2, 0.25) is 0 Å². The van der Waals surface area contributed by atoms with E-state index in [1.165, 1.54) is 12.8 Å². The van der Waals surface area contributed by atoms with E-state index >= 15 is 0 Å². The summed E-state index contributed by atoms with van der Waals surface area (Å²) in [4.78, 5) is 16.8. The minimum atomic E-state index is -0.633. The van der Waals surface area contributed by atoms with E-state index in [4.69, 9.17) is 0 Å². The number of carbonyl (C=O) groups is 1. The smallest absolute Gasteiger partial charge is 0.139 e. The molecule has 4 atom stereocenters. The molecule has 26 heavy (non-hydrogen) atoms. The molecule has 0 saturated heterocycles. The Hall–Kier alpha value is -1.26. The van der Waals surface area contributed by atoms with Crippen LogP contribution in [-0.4, -0.2) is 27.1 Å². The molecule has 1 fully saturated rings. The molecule has 2 rings (SSSR count). The predicted octanol–water partition coefficient (Wildman–Crippen LogP) is 4.70. The molecule has 146 valence electrons. The van der Waals surface area contributed by atoms with Gasteiger partial charge in [-0.15, -0.1) is 0 Å². The minimum Gasteiger partial charge on any atom is -0.392 e. The third kappa shape index (κ3) is 5.62. The lowest BCUT2D eigenvalue weighted by atomic mass is 9.86. The fourth-order valence-electron chi connectivity index (χ4n) is 4.05. The fraction of sp³-hybridized carbons (Fsp3) is 0.727. The summed E-state index contributed by atoms with van der Waals surface area (Å²) in [6.07, 6.45) is 10.2. The molecule has 1 heterocycles. The number of hydrogen-bond acceptors (Lipinski definition) is 4. The fourth-order valence-corrected chi connectivity index (χ4v) is 4.05. The van der Waals surface area contributed by atoms with Crippen molar-refractivity contribution in [3.63, 3.8) is 0 Å². The van der Waals surface area contributed by atoms with Gasteiger partial charge in [0.1, 0.15) is 5.78 Å². The molecule has 4 heteroatoms. The van der Waals surface area contributed by atoms with Crippen LogP contribution in [0.3, 0.4) is 0 Å². The van der Waals surface area contributed by atoms with Crippen LogP contribution in [-0.2, 0) is 4.79 Å². The summed E-state index contributed by atoms with van der Waals surface area (Å²) in [5.74, 6) is -0.144. The van der Waals surface area contributed by atoms with Crippen LogP contribution in [0, 0.1) is 5.92 Å². The van der Waals surface area contributed by atoms with Crippen molar-refractivity contribution in [1.29, 1.82) is 0 Å². The van der Waals surface area contributed by atoms with Gasteiger partial charge in [-0.05, 0) is 24.5 Å². The quantitative estimate of drug-likeness (QED) is 0.561. The Morgan fingerprint density at radius 1 is 1.12 bits per heavy atom. The molecule has 3 unspecified atom stereocenters. The third-order valence-electron chi connectivity index (χ3n) is 5.66. The lowest BCUT2D eigenvalue weighted by Gasteiger charge is -2.21. The van der Waals surface area contributed by atoms with E-state index in [-0.39, 0.29) is 24.0 Å². The Morgan fingerprint density at radius 3 is 2.50 bits per heavy atom. The number of aromatic nitrogens is 1. The van der Waals surface area contributed by atoms with Gasteiger partial charge in [-0.3, -0.25) is 9.78 Å². The molecule has 4 nitrogen and oxygen atoms in total. The number of Topliss-reactive ketones (excluding diaryl/α,β-unsaturated/α-hetero) is 1. The van der Waals surface area contributed by atoms with Crippen LogP contribution in [0.25, 0.3) is 0 Å². The van der Waals surface area contributed by atoms with Gasteiger partial charge in [0.25, 0.3) is 0 Å². The first-order chi connectivity index (χ1) is 12.6. The molecular formula is C22H35NO3. The Labute approximate surface area is 158 Å². The molecule has 0 aromatic carbocycles. The highest BCUT2D eigenvalue weighted by Crippen LogP contribution is 2.40. The number of aliphatic hydroxyl groups is 2. The normalized spacial score (nSPS) is 24.2. The number of hydrogen-bond donors (Lipinski definition) is 2. The molecule has 1 aromatic rings. The average Bonchev–Trinajstić information content (AvgIpc) is 2.92. The molecule has 2 N–H and O–H groups in total. The molecule has 0 amide bonds. The molecule has 1 saturated carbocycles. The standard InChI is InChI=1S/C22H35NO3/c1-3-5-7-9-10-17-20(25)14-21(26)22(17)18-13-12-16(15-23-18)19(24)11-8-6-4-2/h12-13,15,17,19,21-22,24,26H,3-11,14H2,1-2H3/t17?,19?,21-,22?/m1/s1. The maximum Gasteiger partial charge on any atom is 0.139 e. The van der Waals surface area contributed by atoms with Crippen molar-refractivity contribution in [2.75, 3.05) is 0 Å². The zero-order valence-corrected chi connectivity index (χ0v) is 16.4. The average molecular weight is 362 g/mol. The highest BCUT2D eigenvalue weighted by atomic mass is 16.3. The van der Waals surface area contributed by atoms with Crippen LogP contribution >= 0.6 is 0 Å². The van der Waals surface area contributed by atoms with Crippen molar-refractivity contribution in [3.8, 4) is 0 Å². The molecule has 0 bridgehead atoms. The number of unbranched alkanes of at least 4 members (excludes halogenated alkanes) is 5. The first kappa shape index (κ1) is 21.0. The molecule has 0 aliphatic heterocycles. The van der Waals surface area contributed by atoms with Gasteiger partial charge in [-0.25, -0.2) is 0 Å². The van der Waals surface area contributed by atoms with Crippen LogP contribution < -0.4 is 0 Å². The number of ketones is 1. The summed E-state index contributed by atoms with van der Waals surface area (Å²) in [5.41, 5.74) is 1.61. The van der Waals surface area contributed by atoms with Gasteiger partial charge in [0, 0.05) is 30.1 Å². The Kier molecular flexibility index (Phi) is 8.73. The largest absolute Gasteiger partial charge is 0.392 e. The molecular weight excluding hydrogens is 326 g/mol. The van der Waals surface area contributed by atoms with Gasteiger partial charge >= 0.3 is 0 Å². The van der Waals surface area contributed by atoms with Crippen molar-refractivity contribution in [2.45, 2.75) is 96.2 Å². The second-order valence-electron chi connectivity index (χ2n) is 7.75. The summed E-state index contributed by atoms with van der Waals surface area (Å²) in [6.45, 7) is 4.32. The third-order valence-corrected chi connectivity index (χ3v) is 5.66. The van der Waals surface area contributed by atoms with Gasteiger partial charge in [-0.2, -0.15) is 0 Å². The van der Waals surface area contributed by atoms with Crippen molar-refractivity contribution in [2.24, 2.45) is 5.92 Å². The van der Waals surface area contributed by atoms with Crippen molar-refractivity contribution < 1.29 is 15.0 Å². The summed E-state index contributed by atoms with van der Waals surface area (Å²) in [6, 6.07) is 3.80. The summed E-state index contributed by atoms with van der Waals surface area (Å²) >= 11 is 0. The van der Waals surface area contributed by atoms with E-state index in [0.717, 1.165) is 56.2 Å². The molecule has 1 aromatic heterocycles. The predicted molar refractivity (Wildman–Crippen MR) is 104 cm³/mol. The molecule has 0 radical (unpaired) electrons. The van der Waals surface area contributed by atoms with E-state index in [2.05, 4.69) is 18.8 Å². The van der Waals surface area contributed by atoms with E-state index < -0.39 is 12.2 Å². The van der Waals surface area contributed by atoms with E-state index in [1.807, 2.05) is 12.1 Å². The molecule has 0 spiro atoms. The highest BCUT2D eigenvalue weighted by Gasteiger charge is 2.42. The van der Waals surface area contributed by atoms with Gasteiger partial charge in [0.05, 0.1) is 12.2 Å². The number of pyridine rings is 1. The van der Waals surface area contributed by atoms with E-state index in [1.54, 1.807) is 6.20 Å². The number of rotatable bonds is 11. The Balaban J connectivity index is 2.01. The van der Waals surface area contributed by atoms with E-state index in [0.29, 0.717) is 0 Å². The summed E-state index contributed by atoms with van der Waals surface area (Å²) in [7, 11) is 0. The van der Waals surface area contributed by atoms with E-state index in [9.17, 15) is 15.0 Å². The topological polar surface area (TPSA) is 70.4 Å².